The highest BCUT2D eigenvalue weighted by Crippen LogP contribution is 2.04. The van der Waals surface area contributed by atoms with Crippen molar-refractivity contribution in [1.29, 1.82) is 0 Å². The molecule has 2 amide bonds. The van der Waals surface area contributed by atoms with Gasteiger partial charge in [0, 0.05) is 13.1 Å². The van der Waals surface area contributed by atoms with Gasteiger partial charge in [-0.3, -0.25) is 9.59 Å². The predicted molar refractivity (Wildman–Crippen MR) is 84.4 cm³/mol. The Morgan fingerprint density at radius 3 is 2.73 bits per heavy atom. The Morgan fingerprint density at radius 1 is 1.27 bits per heavy atom. The molecule has 5 nitrogen and oxygen atoms in total. The lowest BCUT2D eigenvalue weighted by atomic mass is 10.1. The predicted octanol–water partition coefficient (Wildman–Crippen LogP) is 0.774. The third-order valence-corrected chi connectivity index (χ3v) is 3.38. The molecule has 0 saturated carbocycles. The van der Waals surface area contributed by atoms with Gasteiger partial charge in [0.05, 0.1) is 12.5 Å². The lowest BCUT2D eigenvalue weighted by molar-refractivity contribution is -0.123. The van der Waals surface area contributed by atoms with Gasteiger partial charge in [-0.1, -0.05) is 12.1 Å². The lowest BCUT2D eigenvalue weighted by Gasteiger charge is -2.11. The van der Waals surface area contributed by atoms with E-state index < -0.39 is 0 Å². The van der Waals surface area contributed by atoms with Crippen LogP contribution < -0.4 is 16.0 Å². The van der Waals surface area contributed by atoms with Gasteiger partial charge in [-0.05, 0) is 37.1 Å². The van der Waals surface area contributed by atoms with Crippen LogP contribution in [0.15, 0.2) is 24.3 Å². The second-order valence-corrected chi connectivity index (χ2v) is 5.10. The van der Waals surface area contributed by atoms with Crippen LogP contribution >= 0.6 is 12.4 Å². The van der Waals surface area contributed by atoms with Gasteiger partial charge in [-0.2, -0.15) is 0 Å². The molecule has 0 bridgehead atoms. The van der Waals surface area contributed by atoms with Gasteiger partial charge in [0.15, 0.2) is 0 Å². The molecular weight excluding hydrogens is 309 g/mol. The van der Waals surface area contributed by atoms with E-state index >= 15 is 0 Å². The van der Waals surface area contributed by atoms with Gasteiger partial charge >= 0.3 is 0 Å². The van der Waals surface area contributed by atoms with Gasteiger partial charge in [0.2, 0.25) is 11.8 Å². The second-order valence-electron chi connectivity index (χ2n) is 5.10. The maximum absolute atomic E-state index is 13.0. The molecule has 0 aromatic heterocycles. The average molecular weight is 330 g/mol. The van der Waals surface area contributed by atoms with Crippen molar-refractivity contribution in [3.05, 3.63) is 35.6 Å². The monoisotopic (exact) mass is 329 g/mol. The molecular formula is C15H21ClFN3O2. The number of benzene rings is 1. The van der Waals surface area contributed by atoms with E-state index in [4.69, 9.17) is 0 Å². The number of carbonyl (C=O) groups is 2. The van der Waals surface area contributed by atoms with Crippen LogP contribution in [0.1, 0.15) is 18.4 Å². The molecule has 1 saturated heterocycles. The highest BCUT2D eigenvalue weighted by atomic mass is 35.5. The Morgan fingerprint density at radius 2 is 2.05 bits per heavy atom. The minimum absolute atomic E-state index is 0. The number of halogens is 2. The van der Waals surface area contributed by atoms with E-state index in [1.807, 2.05) is 0 Å². The van der Waals surface area contributed by atoms with Crippen molar-refractivity contribution in [2.75, 3.05) is 19.6 Å². The third kappa shape index (κ3) is 5.99. The molecule has 122 valence electrons. The van der Waals surface area contributed by atoms with E-state index in [9.17, 15) is 14.0 Å². The van der Waals surface area contributed by atoms with E-state index in [1.165, 1.54) is 12.1 Å². The van der Waals surface area contributed by atoms with Crippen LogP contribution in [0.5, 0.6) is 0 Å². The Balaban J connectivity index is 0.00000242. The molecule has 1 fully saturated rings. The number of amides is 2. The zero-order valence-corrected chi connectivity index (χ0v) is 13.0. The molecule has 1 atom stereocenters. The van der Waals surface area contributed by atoms with Crippen LogP contribution in [0.25, 0.3) is 0 Å². The van der Waals surface area contributed by atoms with E-state index in [0.29, 0.717) is 18.7 Å². The zero-order valence-electron chi connectivity index (χ0n) is 12.2. The van der Waals surface area contributed by atoms with E-state index in [-0.39, 0.29) is 42.5 Å². The first-order valence-electron chi connectivity index (χ1n) is 7.17. The fourth-order valence-corrected chi connectivity index (χ4v) is 2.31. The van der Waals surface area contributed by atoms with Crippen molar-refractivity contribution >= 4 is 24.2 Å². The number of nitrogens with one attached hydrogen (secondary N) is 3. The first kappa shape index (κ1) is 18.4. The topological polar surface area (TPSA) is 70.2 Å². The van der Waals surface area contributed by atoms with Crippen molar-refractivity contribution in [3.8, 4) is 0 Å². The summed E-state index contributed by atoms with van der Waals surface area (Å²) in [5.41, 5.74) is 0.631. The van der Waals surface area contributed by atoms with Gasteiger partial charge in [-0.15, -0.1) is 12.4 Å². The molecule has 3 N–H and O–H groups in total. The van der Waals surface area contributed by atoms with Gasteiger partial charge in [0.25, 0.3) is 0 Å². The van der Waals surface area contributed by atoms with Crippen LogP contribution in [-0.4, -0.2) is 37.5 Å². The molecule has 2 rings (SSSR count). The van der Waals surface area contributed by atoms with Crippen LogP contribution in [0.4, 0.5) is 4.39 Å². The number of hydrogen-bond donors (Lipinski definition) is 3. The molecule has 1 aliphatic heterocycles. The molecule has 0 spiro atoms. The molecule has 0 radical (unpaired) electrons. The zero-order chi connectivity index (χ0) is 15.1. The molecule has 1 aromatic carbocycles. The molecule has 7 heteroatoms. The van der Waals surface area contributed by atoms with Crippen molar-refractivity contribution in [2.24, 2.45) is 0 Å². The Bertz CT molecular complexity index is 507. The molecule has 1 unspecified atom stereocenters. The Labute approximate surface area is 135 Å². The summed E-state index contributed by atoms with van der Waals surface area (Å²) in [6, 6.07) is 5.86. The fourth-order valence-electron chi connectivity index (χ4n) is 2.31. The van der Waals surface area contributed by atoms with Crippen LogP contribution in [-0.2, 0) is 16.0 Å². The Hall–Kier alpha value is -1.66. The summed E-state index contributed by atoms with van der Waals surface area (Å²) in [4.78, 5) is 23.4. The fraction of sp³-hybridized carbons (Fsp3) is 0.467. The van der Waals surface area contributed by atoms with Crippen molar-refractivity contribution in [3.63, 3.8) is 0 Å². The first-order chi connectivity index (χ1) is 10.1. The van der Waals surface area contributed by atoms with Crippen LogP contribution in [0.3, 0.4) is 0 Å². The summed E-state index contributed by atoms with van der Waals surface area (Å²) in [7, 11) is 0. The summed E-state index contributed by atoms with van der Waals surface area (Å²) in [6.07, 6.45) is 2.01. The van der Waals surface area contributed by atoms with Crippen LogP contribution in [0, 0.1) is 5.82 Å². The summed E-state index contributed by atoms with van der Waals surface area (Å²) in [5.74, 6) is -0.558. The molecule has 1 aromatic rings. The normalized spacial score (nSPS) is 16.7. The minimum Gasteiger partial charge on any atom is -0.354 e. The van der Waals surface area contributed by atoms with Crippen molar-refractivity contribution in [2.45, 2.75) is 25.3 Å². The standard InChI is InChI=1S/C15H20FN3O2.ClH/c16-12-4-1-3-11(9-12)10-14(20)18-7-8-19-15(21)13-5-2-6-17-13;/h1,3-4,9,13,17H,2,5-8,10H2,(H,18,20)(H,19,21);1H. The lowest BCUT2D eigenvalue weighted by Crippen LogP contribution is -2.43. The summed E-state index contributed by atoms with van der Waals surface area (Å²) < 4.78 is 13.0. The molecule has 0 aliphatic carbocycles. The summed E-state index contributed by atoms with van der Waals surface area (Å²) in [6.45, 7) is 1.64. The van der Waals surface area contributed by atoms with E-state index in [2.05, 4.69) is 16.0 Å². The Kier molecular flexibility index (Phi) is 7.84. The van der Waals surface area contributed by atoms with E-state index in [1.54, 1.807) is 12.1 Å². The number of carbonyl (C=O) groups excluding carboxylic acids is 2. The van der Waals surface area contributed by atoms with Crippen molar-refractivity contribution in [1.82, 2.24) is 16.0 Å². The van der Waals surface area contributed by atoms with Gasteiger partial charge < -0.3 is 16.0 Å². The minimum atomic E-state index is -0.350. The maximum Gasteiger partial charge on any atom is 0.237 e. The largest absolute Gasteiger partial charge is 0.354 e. The smallest absolute Gasteiger partial charge is 0.237 e. The molecule has 1 aliphatic rings. The first-order valence-corrected chi connectivity index (χ1v) is 7.17. The highest BCUT2D eigenvalue weighted by Gasteiger charge is 2.21. The van der Waals surface area contributed by atoms with E-state index in [0.717, 1.165) is 19.4 Å². The number of hydrogen-bond acceptors (Lipinski definition) is 3. The molecule has 1 heterocycles. The second kappa shape index (κ2) is 9.38. The van der Waals surface area contributed by atoms with Gasteiger partial charge in [-0.25, -0.2) is 4.39 Å². The van der Waals surface area contributed by atoms with Crippen LogP contribution in [0.2, 0.25) is 0 Å². The maximum atomic E-state index is 13.0. The quantitative estimate of drug-likeness (QED) is 0.675. The van der Waals surface area contributed by atoms with Gasteiger partial charge in [0.1, 0.15) is 5.82 Å². The third-order valence-electron chi connectivity index (χ3n) is 3.38. The summed E-state index contributed by atoms with van der Waals surface area (Å²) in [5, 5.41) is 8.59. The SMILES string of the molecule is Cl.O=C(Cc1cccc(F)c1)NCCNC(=O)C1CCCN1. The molecule has 22 heavy (non-hydrogen) atoms. The highest BCUT2D eigenvalue weighted by molar-refractivity contribution is 5.85. The van der Waals surface area contributed by atoms with Crippen molar-refractivity contribution < 1.29 is 14.0 Å². The summed E-state index contributed by atoms with van der Waals surface area (Å²) >= 11 is 0. The average Bonchev–Trinajstić information content (AvgIpc) is 2.97. The number of rotatable bonds is 6.